The van der Waals surface area contributed by atoms with Crippen molar-refractivity contribution in [2.24, 2.45) is 0 Å². The summed E-state index contributed by atoms with van der Waals surface area (Å²) < 4.78 is 0. The molecule has 3 fully saturated rings. The molecular weight excluding hydrogens is 574 g/mol. The largest absolute Gasteiger partial charge is 0.478 e. The van der Waals surface area contributed by atoms with Crippen LogP contribution in [0.15, 0.2) is 65.4 Å². The van der Waals surface area contributed by atoms with Crippen LogP contribution in [0.3, 0.4) is 0 Å². The molecule has 3 saturated heterocycles. The number of nitrogens with zero attached hydrogens (tertiary/aromatic N) is 3. The number of carbonyl (C=O) groups excluding carboxylic acids is 3. The van der Waals surface area contributed by atoms with Gasteiger partial charge in [-0.05, 0) is 82.8 Å². The van der Waals surface area contributed by atoms with Crippen molar-refractivity contribution < 1.29 is 29.1 Å². The van der Waals surface area contributed by atoms with Gasteiger partial charge in [0, 0.05) is 44.7 Å². The summed E-state index contributed by atoms with van der Waals surface area (Å²) in [6, 6.07) is 10.8. The van der Waals surface area contributed by atoms with E-state index in [1.54, 1.807) is 0 Å². The summed E-state index contributed by atoms with van der Waals surface area (Å²) in [4.78, 5) is 60.2. The van der Waals surface area contributed by atoms with E-state index in [1.165, 1.54) is 40.7 Å². The molecule has 226 valence electrons. The van der Waals surface area contributed by atoms with Gasteiger partial charge in [-0.2, -0.15) is 0 Å². The van der Waals surface area contributed by atoms with Gasteiger partial charge in [-0.1, -0.05) is 37.4 Å². The van der Waals surface area contributed by atoms with Crippen molar-refractivity contribution >= 4 is 48.3 Å². The van der Waals surface area contributed by atoms with Crippen molar-refractivity contribution in [1.82, 2.24) is 9.96 Å². The number of rotatable bonds is 6. The van der Waals surface area contributed by atoms with Gasteiger partial charge in [-0.25, -0.2) is 9.59 Å². The van der Waals surface area contributed by atoms with Crippen LogP contribution in [0.25, 0.3) is 5.57 Å². The van der Waals surface area contributed by atoms with Gasteiger partial charge >= 0.3 is 11.9 Å². The highest BCUT2D eigenvalue weighted by molar-refractivity contribution is 6.97. The van der Waals surface area contributed by atoms with Crippen molar-refractivity contribution in [2.75, 3.05) is 31.1 Å². The molecule has 2 aromatic carbocycles. The third-order valence-electron chi connectivity index (χ3n) is 9.90. The number of anilines is 1. The number of imide groups is 1. The minimum atomic E-state index is -2.28. The van der Waals surface area contributed by atoms with Gasteiger partial charge < -0.3 is 14.8 Å². The van der Waals surface area contributed by atoms with Crippen molar-refractivity contribution in [3.05, 3.63) is 87.6 Å². The first-order valence-electron chi connectivity index (χ1n) is 15.3. The van der Waals surface area contributed by atoms with Crippen LogP contribution in [0, 0.1) is 0 Å². The van der Waals surface area contributed by atoms with Gasteiger partial charge in [-0.3, -0.25) is 14.5 Å². The van der Waals surface area contributed by atoms with Crippen LogP contribution in [0.2, 0.25) is 13.1 Å². The standard InChI is InChI=1S/C34H35N3O6Si/c1-34(36-16-5-17-36)13-12-25-28(20-34)44(2,3)27-19-22(35-14-4-15-35)7-9-24(27)31(25)26-18-21(6-8-23(26)32(40)41)33(42)43-37-29(38)10-11-30(37)39/h6-9,12-13,18-20H,4-5,10-11,14-17H2,1-3H3,(H,40,41). The first-order chi connectivity index (χ1) is 21.0. The fourth-order valence-corrected chi connectivity index (χ4v) is 10.2. The number of hydrogen-bond acceptors (Lipinski definition) is 7. The third-order valence-corrected chi connectivity index (χ3v) is 13.4. The highest BCUT2D eigenvalue weighted by Gasteiger charge is 2.44. The molecule has 0 aromatic heterocycles. The van der Waals surface area contributed by atoms with Crippen LogP contribution in [0.1, 0.15) is 64.4 Å². The second kappa shape index (κ2) is 10.1. The Kier molecular flexibility index (Phi) is 6.56. The van der Waals surface area contributed by atoms with E-state index in [4.69, 9.17) is 4.84 Å². The molecular formula is C34H35N3O6Si. The maximum Gasteiger partial charge on any atom is 0.363 e. The maximum absolute atomic E-state index is 13.2. The van der Waals surface area contributed by atoms with Crippen LogP contribution in [0.5, 0.6) is 0 Å². The molecule has 0 radical (unpaired) electrons. The molecule has 2 amide bonds. The molecule has 4 heterocycles. The Morgan fingerprint density at radius 2 is 1.64 bits per heavy atom. The van der Waals surface area contributed by atoms with Gasteiger partial charge in [0.15, 0.2) is 0 Å². The summed E-state index contributed by atoms with van der Waals surface area (Å²) >= 11 is 0. The van der Waals surface area contributed by atoms with Crippen LogP contribution in [-0.4, -0.2) is 78.6 Å². The highest BCUT2D eigenvalue weighted by Crippen LogP contribution is 2.46. The van der Waals surface area contributed by atoms with Gasteiger partial charge in [0.25, 0.3) is 11.8 Å². The SMILES string of the molecule is CC1(N2CCC2)C=CC2=C(c3cc(C(=O)ON4C(=O)CCC4=O)ccc3C(=O)O)c3ccc(N4CCC4)cc3[Si](C)(C)C2=C1. The monoisotopic (exact) mass is 609 g/mol. The molecule has 0 bridgehead atoms. The minimum absolute atomic E-state index is 0.0147. The summed E-state index contributed by atoms with van der Waals surface area (Å²) in [7, 11) is -2.28. The van der Waals surface area contributed by atoms with Crippen LogP contribution in [0.4, 0.5) is 5.69 Å². The van der Waals surface area contributed by atoms with Crippen LogP contribution < -0.4 is 10.1 Å². The van der Waals surface area contributed by atoms with Gasteiger partial charge in [-0.15, -0.1) is 5.06 Å². The third kappa shape index (κ3) is 4.38. The molecule has 1 atom stereocenters. The van der Waals surface area contributed by atoms with Gasteiger partial charge in [0.2, 0.25) is 0 Å². The van der Waals surface area contributed by atoms with E-state index in [2.05, 4.69) is 66.2 Å². The van der Waals surface area contributed by atoms with Crippen molar-refractivity contribution in [3.63, 3.8) is 0 Å². The number of hydrogen-bond donors (Lipinski definition) is 1. The Bertz CT molecular complexity index is 1730. The maximum atomic E-state index is 13.2. The van der Waals surface area contributed by atoms with Crippen LogP contribution >= 0.6 is 0 Å². The smallest absolute Gasteiger partial charge is 0.363 e. The molecule has 10 heteroatoms. The van der Waals surface area contributed by atoms with E-state index in [0.29, 0.717) is 10.6 Å². The molecule has 4 aliphatic heterocycles. The van der Waals surface area contributed by atoms with Crippen LogP contribution in [-0.2, 0) is 14.4 Å². The summed E-state index contributed by atoms with van der Waals surface area (Å²) in [5.41, 5.74) is 4.14. The topological polar surface area (TPSA) is 107 Å². The molecule has 9 nitrogen and oxygen atoms in total. The Morgan fingerprint density at radius 3 is 2.25 bits per heavy atom. The number of benzene rings is 2. The Morgan fingerprint density at radius 1 is 0.932 bits per heavy atom. The quantitative estimate of drug-likeness (QED) is 0.386. The van der Waals surface area contributed by atoms with Gasteiger partial charge in [0.1, 0.15) is 8.07 Å². The lowest BCUT2D eigenvalue weighted by atomic mass is 9.83. The molecule has 1 N–H and O–H groups in total. The predicted octanol–water partition coefficient (Wildman–Crippen LogP) is 4.05. The number of likely N-dealkylation sites (tertiary alicyclic amines) is 1. The number of fused-ring (bicyclic) bond motifs is 2. The average Bonchev–Trinajstić information content (AvgIpc) is 3.24. The summed E-state index contributed by atoms with van der Waals surface area (Å²) in [5, 5.41) is 13.3. The van der Waals surface area contributed by atoms with E-state index in [9.17, 15) is 24.3 Å². The Hall–Kier alpha value is -4.28. The number of carboxylic acid groups (broad SMARTS) is 1. The van der Waals surface area contributed by atoms with Crippen molar-refractivity contribution in [1.29, 1.82) is 0 Å². The second-order valence-electron chi connectivity index (χ2n) is 13.0. The molecule has 44 heavy (non-hydrogen) atoms. The van der Waals surface area contributed by atoms with E-state index in [0.717, 1.165) is 49.3 Å². The molecule has 2 aromatic rings. The van der Waals surface area contributed by atoms with Gasteiger partial charge in [0.05, 0.1) is 16.7 Å². The molecule has 5 aliphatic rings. The number of carboxylic acids is 1. The Balaban J connectivity index is 1.42. The zero-order chi connectivity index (χ0) is 31.0. The average molecular weight is 610 g/mol. The van der Waals surface area contributed by atoms with E-state index in [-0.39, 0.29) is 29.5 Å². The number of amides is 2. The highest BCUT2D eigenvalue weighted by atomic mass is 28.3. The molecule has 0 saturated carbocycles. The number of carbonyl (C=O) groups is 4. The predicted molar refractivity (Wildman–Crippen MR) is 168 cm³/mol. The van der Waals surface area contributed by atoms with E-state index in [1.807, 2.05) is 0 Å². The first-order valence-corrected chi connectivity index (χ1v) is 18.3. The lowest BCUT2D eigenvalue weighted by Gasteiger charge is -2.48. The lowest BCUT2D eigenvalue weighted by molar-refractivity contribution is -0.172. The summed E-state index contributed by atoms with van der Waals surface area (Å²) in [6.45, 7) is 11.1. The zero-order valence-corrected chi connectivity index (χ0v) is 26.2. The van der Waals surface area contributed by atoms with E-state index >= 15 is 0 Å². The molecule has 7 rings (SSSR count). The lowest BCUT2D eigenvalue weighted by Crippen LogP contribution is -2.55. The zero-order valence-electron chi connectivity index (χ0n) is 25.2. The van der Waals surface area contributed by atoms with E-state index < -0.39 is 31.8 Å². The summed E-state index contributed by atoms with van der Waals surface area (Å²) in [6.07, 6.45) is 9.04. The first kappa shape index (κ1) is 28.5. The number of aromatic carboxylic acids is 1. The summed E-state index contributed by atoms with van der Waals surface area (Å²) in [5.74, 6) is -3.16. The van der Waals surface area contributed by atoms with Crippen molar-refractivity contribution in [3.8, 4) is 0 Å². The molecule has 1 unspecified atom stereocenters. The fraction of sp³-hybridized carbons (Fsp3) is 0.353. The molecule has 0 spiro atoms. The minimum Gasteiger partial charge on any atom is -0.478 e. The fourth-order valence-electron chi connectivity index (χ4n) is 6.97. The van der Waals surface area contributed by atoms with Crippen molar-refractivity contribution in [2.45, 2.75) is 51.2 Å². The second-order valence-corrected chi connectivity index (χ2v) is 17.3. The number of hydroxylamine groups is 2. The number of allylic oxidation sites excluding steroid dienone is 3. The normalized spacial score (nSPS) is 23.9. The molecule has 1 aliphatic carbocycles. The Labute approximate surface area is 257 Å².